The first-order valence-electron chi connectivity index (χ1n) is 10.8. The minimum atomic E-state index is -1.49. The lowest BCUT2D eigenvalue weighted by Crippen LogP contribution is -2.16. The van der Waals surface area contributed by atoms with Crippen LogP contribution < -0.4 is 4.74 Å². The van der Waals surface area contributed by atoms with E-state index in [1.165, 1.54) is 0 Å². The predicted molar refractivity (Wildman–Crippen MR) is 132 cm³/mol. The summed E-state index contributed by atoms with van der Waals surface area (Å²) >= 11 is 0. The second kappa shape index (κ2) is 8.19. The van der Waals surface area contributed by atoms with E-state index in [2.05, 4.69) is 57.8 Å². The van der Waals surface area contributed by atoms with Gasteiger partial charge < -0.3 is 4.74 Å². The summed E-state index contributed by atoms with van der Waals surface area (Å²) in [4.78, 5) is 0. The SMILES string of the molecule is Cn1nnc2ccc(Oc3ccc(C#C[Si](C)(C)C)cc3Cn3nnc4ccccc43)cc21. The minimum Gasteiger partial charge on any atom is -0.457 e. The topological polar surface area (TPSA) is 70.7 Å². The number of rotatable bonds is 4. The van der Waals surface area contributed by atoms with E-state index in [9.17, 15) is 0 Å². The number of hydrogen-bond acceptors (Lipinski definition) is 5. The molecule has 0 saturated carbocycles. The van der Waals surface area contributed by atoms with Gasteiger partial charge in [-0.15, -0.1) is 15.7 Å². The number of fused-ring (bicyclic) bond motifs is 2. The highest BCUT2D eigenvalue weighted by Gasteiger charge is 2.13. The predicted octanol–water partition coefficient (Wildman–Crippen LogP) is 4.78. The monoisotopic (exact) mass is 452 g/mol. The Kier molecular flexibility index (Phi) is 5.19. The van der Waals surface area contributed by atoms with Gasteiger partial charge in [-0.05, 0) is 42.5 Å². The molecule has 0 unspecified atom stereocenters. The molecule has 5 aromatic rings. The first kappa shape index (κ1) is 20.9. The summed E-state index contributed by atoms with van der Waals surface area (Å²) < 4.78 is 9.96. The van der Waals surface area contributed by atoms with Gasteiger partial charge in [0.15, 0.2) is 0 Å². The number of hydrogen-bond donors (Lipinski definition) is 0. The Balaban J connectivity index is 1.55. The molecule has 0 bridgehead atoms. The van der Waals surface area contributed by atoms with Crippen LogP contribution in [0.1, 0.15) is 11.1 Å². The molecule has 2 heterocycles. The van der Waals surface area contributed by atoms with Crippen LogP contribution in [0.15, 0.2) is 60.7 Å². The van der Waals surface area contributed by atoms with Crippen LogP contribution >= 0.6 is 0 Å². The lowest BCUT2D eigenvalue weighted by Gasteiger charge is -2.13. The third kappa shape index (κ3) is 4.49. The van der Waals surface area contributed by atoms with Gasteiger partial charge >= 0.3 is 0 Å². The smallest absolute Gasteiger partial charge is 0.132 e. The van der Waals surface area contributed by atoms with Crippen molar-refractivity contribution in [2.75, 3.05) is 0 Å². The molecule has 0 aliphatic heterocycles. The molecule has 2 aromatic heterocycles. The Bertz CT molecular complexity index is 1530. The van der Waals surface area contributed by atoms with Crippen LogP contribution in [0.25, 0.3) is 22.1 Å². The summed E-state index contributed by atoms with van der Waals surface area (Å²) in [5, 5.41) is 16.9. The lowest BCUT2D eigenvalue weighted by atomic mass is 10.1. The van der Waals surface area contributed by atoms with Crippen molar-refractivity contribution >= 4 is 30.1 Å². The molecule has 0 radical (unpaired) electrons. The molecular weight excluding hydrogens is 428 g/mol. The molecule has 0 fully saturated rings. The first-order valence-corrected chi connectivity index (χ1v) is 14.3. The second-order valence-corrected chi connectivity index (χ2v) is 13.8. The zero-order chi connectivity index (χ0) is 23.0. The van der Waals surface area contributed by atoms with Gasteiger partial charge in [-0.3, -0.25) is 0 Å². The Morgan fingerprint density at radius 2 is 1.67 bits per heavy atom. The number of para-hydroxylation sites is 1. The largest absolute Gasteiger partial charge is 0.457 e. The Hall–Kier alpha value is -3.96. The fraction of sp³-hybridized carbons (Fsp3) is 0.200. The molecule has 0 saturated heterocycles. The van der Waals surface area contributed by atoms with Gasteiger partial charge in [0.25, 0.3) is 0 Å². The van der Waals surface area contributed by atoms with Crippen molar-refractivity contribution in [2.24, 2.45) is 7.05 Å². The standard InChI is InChI=1S/C25H24N6OSi/c1-30-24-16-20(10-11-22(24)26-28-30)32-25-12-9-18(13-14-33(2,3)4)15-19(25)17-31-23-8-6-5-7-21(23)27-29-31/h5-12,15-16H,17H2,1-4H3. The van der Waals surface area contributed by atoms with Crippen LogP contribution in [-0.2, 0) is 13.6 Å². The molecule has 5 rings (SSSR count). The van der Waals surface area contributed by atoms with Crippen molar-refractivity contribution in [2.45, 2.75) is 26.2 Å². The van der Waals surface area contributed by atoms with Crippen LogP contribution in [0.5, 0.6) is 11.5 Å². The maximum Gasteiger partial charge on any atom is 0.132 e. The number of aryl methyl sites for hydroxylation is 1. The molecule has 7 nitrogen and oxygen atoms in total. The van der Waals surface area contributed by atoms with E-state index < -0.39 is 8.07 Å². The number of ether oxygens (including phenoxy) is 1. The Morgan fingerprint density at radius 3 is 2.52 bits per heavy atom. The molecule has 8 heteroatoms. The third-order valence-electron chi connectivity index (χ3n) is 5.19. The maximum absolute atomic E-state index is 6.33. The van der Waals surface area contributed by atoms with E-state index in [1.807, 2.05) is 66.3 Å². The summed E-state index contributed by atoms with van der Waals surface area (Å²) in [6.45, 7) is 7.24. The summed E-state index contributed by atoms with van der Waals surface area (Å²) in [6, 6.07) is 19.8. The average molecular weight is 453 g/mol. The average Bonchev–Trinajstić information content (AvgIpc) is 3.37. The van der Waals surface area contributed by atoms with Gasteiger partial charge in [-0.1, -0.05) is 48.1 Å². The summed E-state index contributed by atoms with van der Waals surface area (Å²) in [7, 11) is 0.377. The van der Waals surface area contributed by atoms with Crippen molar-refractivity contribution in [3.63, 3.8) is 0 Å². The molecule has 0 N–H and O–H groups in total. The van der Waals surface area contributed by atoms with Crippen LogP contribution in [0.2, 0.25) is 19.6 Å². The molecule has 0 atom stereocenters. The summed E-state index contributed by atoms with van der Waals surface area (Å²) in [6.07, 6.45) is 0. The molecule has 0 spiro atoms. The molecule has 33 heavy (non-hydrogen) atoms. The number of benzene rings is 3. The maximum atomic E-state index is 6.33. The van der Waals surface area contributed by atoms with Crippen molar-refractivity contribution in [3.8, 4) is 23.0 Å². The van der Waals surface area contributed by atoms with Crippen LogP contribution in [0.3, 0.4) is 0 Å². The number of nitrogens with zero attached hydrogens (tertiary/aromatic N) is 6. The van der Waals surface area contributed by atoms with Gasteiger partial charge in [-0.2, -0.15) is 0 Å². The van der Waals surface area contributed by atoms with Crippen molar-refractivity contribution in [1.82, 2.24) is 30.0 Å². The highest BCUT2D eigenvalue weighted by molar-refractivity contribution is 6.83. The van der Waals surface area contributed by atoms with Crippen molar-refractivity contribution in [3.05, 3.63) is 71.8 Å². The van der Waals surface area contributed by atoms with Crippen molar-refractivity contribution in [1.29, 1.82) is 0 Å². The quantitative estimate of drug-likeness (QED) is 0.290. The zero-order valence-electron chi connectivity index (χ0n) is 19.1. The first-order chi connectivity index (χ1) is 15.9. The molecular formula is C25H24N6OSi. The van der Waals surface area contributed by atoms with E-state index in [0.717, 1.165) is 44.7 Å². The molecule has 164 valence electrons. The van der Waals surface area contributed by atoms with E-state index in [-0.39, 0.29) is 0 Å². The second-order valence-electron chi connectivity index (χ2n) is 9.02. The van der Waals surface area contributed by atoms with E-state index >= 15 is 0 Å². The summed E-state index contributed by atoms with van der Waals surface area (Å²) in [5.74, 6) is 4.83. The molecule has 0 amide bonds. The van der Waals surface area contributed by atoms with Gasteiger partial charge in [0, 0.05) is 24.2 Å². The van der Waals surface area contributed by atoms with Crippen LogP contribution in [-0.4, -0.2) is 38.1 Å². The van der Waals surface area contributed by atoms with E-state index in [1.54, 1.807) is 4.68 Å². The highest BCUT2D eigenvalue weighted by atomic mass is 28.3. The van der Waals surface area contributed by atoms with Crippen molar-refractivity contribution < 1.29 is 4.74 Å². The Morgan fingerprint density at radius 1 is 0.879 bits per heavy atom. The zero-order valence-corrected chi connectivity index (χ0v) is 20.1. The fourth-order valence-corrected chi connectivity index (χ4v) is 4.06. The molecule has 3 aromatic carbocycles. The van der Waals surface area contributed by atoms with Crippen LogP contribution in [0.4, 0.5) is 0 Å². The summed E-state index contributed by atoms with van der Waals surface area (Å²) in [5.41, 5.74) is 8.98. The van der Waals surface area contributed by atoms with Crippen LogP contribution in [0, 0.1) is 11.5 Å². The molecule has 0 aliphatic rings. The van der Waals surface area contributed by atoms with Gasteiger partial charge in [0.2, 0.25) is 0 Å². The third-order valence-corrected chi connectivity index (χ3v) is 6.07. The lowest BCUT2D eigenvalue weighted by molar-refractivity contribution is 0.472. The number of aromatic nitrogens is 6. The minimum absolute atomic E-state index is 0.522. The van der Waals surface area contributed by atoms with E-state index in [0.29, 0.717) is 6.54 Å². The van der Waals surface area contributed by atoms with Gasteiger partial charge in [-0.25, -0.2) is 9.36 Å². The van der Waals surface area contributed by atoms with E-state index in [4.69, 9.17) is 4.74 Å². The Labute approximate surface area is 193 Å². The normalized spacial score (nSPS) is 11.5. The highest BCUT2D eigenvalue weighted by Crippen LogP contribution is 2.29. The fourth-order valence-electron chi connectivity index (χ4n) is 3.54. The molecule has 0 aliphatic carbocycles. The van der Waals surface area contributed by atoms with Gasteiger partial charge in [0.1, 0.15) is 30.6 Å². The van der Waals surface area contributed by atoms with Gasteiger partial charge in [0.05, 0.1) is 17.6 Å².